The van der Waals surface area contributed by atoms with Crippen LogP contribution in [0.4, 0.5) is 23.3 Å². The Morgan fingerprint density at radius 3 is 1.60 bits per heavy atom. The predicted octanol–water partition coefficient (Wildman–Crippen LogP) is 5.69. The van der Waals surface area contributed by atoms with E-state index in [4.69, 9.17) is 0 Å². The molecule has 0 fully saturated rings. The van der Waals surface area contributed by atoms with Crippen LogP contribution in [-0.2, 0) is 20.2 Å². The summed E-state index contributed by atoms with van der Waals surface area (Å²) in [6, 6.07) is 28.2. The van der Waals surface area contributed by atoms with Crippen molar-refractivity contribution in [2.24, 2.45) is 0 Å². The van der Waals surface area contributed by atoms with Crippen LogP contribution in [0.3, 0.4) is 0 Å². The number of aromatic nitrogens is 3. The summed E-state index contributed by atoms with van der Waals surface area (Å²) in [5.74, 6) is 0.144. The molecule has 11 nitrogen and oxygen atoms in total. The Labute approximate surface area is 242 Å². The Morgan fingerprint density at radius 2 is 1.05 bits per heavy atom. The van der Waals surface area contributed by atoms with Crippen molar-refractivity contribution in [3.05, 3.63) is 114 Å². The number of rotatable bonds is 9. The van der Waals surface area contributed by atoms with Crippen LogP contribution < -0.4 is 10.6 Å². The lowest BCUT2D eigenvalue weighted by molar-refractivity contribution is 0.480. The predicted molar refractivity (Wildman–Crippen MR) is 160 cm³/mol. The highest BCUT2D eigenvalue weighted by Gasteiger charge is 2.23. The number of benzene rings is 4. The van der Waals surface area contributed by atoms with E-state index in [1.807, 2.05) is 36.4 Å². The molecule has 4 aromatic carbocycles. The summed E-state index contributed by atoms with van der Waals surface area (Å²) in [4.78, 5) is 12.4. The minimum Gasteiger partial charge on any atom is -0.324 e. The summed E-state index contributed by atoms with van der Waals surface area (Å²) in [5, 5.41) is 6.14. The van der Waals surface area contributed by atoms with Gasteiger partial charge in [0.2, 0.25) is 11.9 Å². The van der Waals surface area contributed by atoms with Crippen LogP contribution in [0.15, 0.2) is 113 Å². The summed E-state index contributed by atoms with van der Waals surface area (Å²) in [6.07, 6.45) is 2.62. The van der Waals surface area contributed by atoms with Gasteiger partial charge >= 0.3 is 0 Å². The zero-order chi connectivity index (χ0) is 29.7. The topological polar surface area (TPSA) is 171 Å². The first-order valence-corrected chi connectivity index (χ1v) is 15.2. The number of anilines is 4. The van der Waals surface area contributed by atoms with Crippen molar-refractivity contribution in [3.8, 4) is 11.4 Å². The molecule has 0 aliphatic rings. The molecule has 0 saturated carbocycles. The number of nitrogens with one attached hydrogen (secondary N) is 2. The summed E-state index contributed by atoms with van der Waals surface area (Å²) >= 11 is 0. The fourth-order valence-corrected chi connectivity index (χ4v) is 5.65. The van der Waals surface area contributed by atoms with E-state index in [0.717, 1.165) is 0 Å². The van der Waals surface area contributed by atoms with Gasteiger partial charge < -0.3 is 10.6 Å². The van der Waals surface area contributed by atoms with Crippen molar-refractivity contribution in [2.45, 2.75) is 9.79 Å². The highest BCUT2D eigenvalue weighted by Crippen LogP contribution is 2.31. The lowest BCUT2D eigenvalue weighted by Gasteiger charge is -2.13. The van der Waals surface area contributed by atoms with E-state index >= 15 is 0 Å². The highest BCUT2D eigenvalue weighted by atomic mass is 32.2. The van der Waals surface area contributed by atoms with E-state index in [2.05, 4.69) is 25.6 Å². The summed E-state index contributed by atoms with van der Waals surface area (Å²) in [6.45, 7) is 0. The Kier molecular flexibility index (Phi) is 8.08. The summed E-state index contributed by atoms with van der Waals surface area (Å²) in [5.41, 5.74) is 1.44. The van der Waals surface area contributed by atoms with Gasteiger partial charge in [0.1, 0.15) is 9.79 Å². The average Bonchev–Trinajstić information content (AvgIpc) is 2.96. The van der Waals surface area contributed by atoms with Crippen LogP contribution in [0, 0.1) is 0 Å². The molecule has 0 unspecified atom stereocenters. The van der Waals surface area contributed by atoms with Crippen molar-refractivity contribution in [1.29, 1.82) is 0 Å². The monoisotopic (exact) mass is 601 g/mol. The van der Waals surface area contributed by atoms with E-state index in [0.29, 0.717) is 11.4 Å². The molecule has 5 aromatic rings. The normalized spacial score (nSPS) is 11.9. The summed E-state index contributed by atoms with van der Waals surface area (Å²) in [7, 11) is -9.41. The number of hydrogen-bond donors (Lipinski definition) is 4. The van der Waals surface area contributed by atoms with Crippen molar-refractivity contribution in [1.82, 2.24) is 15.0 Å². The van der Waals surface area contributed by atoms with Crippen LogP contribution >= 0.6 is 0 Å². The molecular weight excluding hydrogens is 578 g/mol. The molecule has 0 bridgehead atoms. The van der Waals surface area contributed by atoms with Crippen LogP contribution in [0.25, 0.3) is 23.5 Å². The lowest BCUT2D eigenvalue weighted by atomic mass is 10.1. The van der Waals surface area contributed by atoms with E-state index in [1.165, 1.54) is 48.6 Å². The quantitative estimate of drug-likeness (QED) is 0.121. The molecule has 0 radical (unpaired) electrons. The SMILES string of the molecule is O=S(=O)(O)c1ccccc1C=Cc1cccc(-c2nc(Nc3ccccc3)nc(Nc3ccccc3)n2)c1S(=O)(=O)O. The lowest BCUT2D eigenvalue weighted by Crippen LogP contribution is -2.09. The summed E-state index contributed by atoms with van der Waals surface area (Å²) < 4.78 is 68.9. The maximum Gasteiger partial charge on any atom is 0.295 e. The first-order valence-electron chi connectivity index (χ1n) is 12.3. The highest BCUT2D eigenvalue weighted by molar-refractivity contribution is 7.86. The zero-order valence-corrected chi connectivity index (χ0v) is 23.3. The van der Waals surface area contributed by atoms with Crippen molar-refractivity contribution < 1.29 is 25.9 Å². The smallest absolute Gasteiger partial charge is 0.295 e. The number of nitrogens with zero attached hydrogens (tertiary/aromatic N) is 3. The van der Waals surface area contributed by atoms with E-state index < -0.39 is 25.1 Å². The number of para-hydroxylation sites is 2. The van der Waals surface area contributed by atoms with E-state index in [-0.39, 0.29) is 39.3 Å². The molecule has 0 amide bonds. The van der Waals surface area contributed by atoms with Gasteiger partial charge in [-0.15, -0.1) is 0 Å². The third-order valence-corrected chi connectivity index (χ3v) is 7.78. The van der Waals surface area contributed by atoms with Gasteiger partial charge in [-0.25, -0.2) is 0 Å². The molecule has 5 rings (SSSR count). The molecule has 0 aliphatic heterocycles. The minimum absolute atomic E-state index is 0.0238. The molecule has 0 atom stereocenters. The Bertz CT molecular complexity index is 1930. The molecule has 42 heavy (non-hydrogen) atoms. The van der Waals surface area contributed by atoms with E-state index in [9.17, 15) is 25.9 Å². The van der Waals surface area contributed by atoms with E-state index in [1.54, 1.807) is 30.3 Å². The van der Waals surface area contributed by atoms with Crippen LogP contribution in [0.2, 0.25) is 0 Å². The van der Waals surface area contributed by atoms with Gasteiger partial charge in [-0.1, -0.05) is 78.9 Å². The molecule has 0 spiro atoms. The van der Waals surface area contributed by atoms with Gasteiger partial charge in [0, 0.05) is 16.9 Å². The molecule has 0 saturated heterocycles. The molecule has 1 aromatic heterocycles. The van der Waals surface area contributed by atoms with Crippen molar-refractivity contribution in [3.63, 3.8) is 0 Å². The molecule has 0 aliphatic carbocycles. The first-order chi connectivity index (χ1) is 20.1. The fraction of sp³-hybridized carbons (Fsp3) is 0. The molecule has 13 heteroatoms. The van der Waals surface area contributed by atoms with Gasteiger partial charge in [-0.05, 0) is 47.5 Å². The van der Waals surface area contributed by atoms with Crippen LogP contribution in [0.5, 0.6) is 0 Å². The minimum atomic E-state index is -4.86. The fourth-order valence-electron chi connectivity index (χ4n) is 4.09. The maximum atomic E-state index is 12.7. The van der Waals surface area contributed by atoms with Gasteiger partial charge in [0.25, 0.3) is 20.2 Å². The standard InChI is InChI=1S/C29H23N5O6S2/c35-41(36,37)25-17-8-7-10-20(25)18-19-21-11-9-16-24(26(21)42(38,39)40)27-32-28(30-22-12-3-1-4-13-22)34-29(33-27)31-23-14-5-2-6-15-23/h1-19H,(H,35,36,37)(H,38,39,40)(H2,30,31,32,33,34). The third kappa shape index (κ3) is 6.85. The van der Waals surface area contributed by atoms with Crippen LogP contribution in [-0.4, -0.2) is 40.9 Å². The molecule has 1 heterocycles. The van der Waals surface area contributed by atoms with Crippen molar-refractivity contribution in [2.75, 3.05) is 10.6 Å². The maximum absolute atomic E-state index is 12.7. The van der Waals surface area contributed by atoms with Gasteiger partial charge in [-0.2, -0.15) is 31.8 Å². The van der Waals surface area contributed by atoms with Gasteiger partial charge in [0.05, 0.1) is 0 Å². The largest absolute Gasteiger partial charge is 0.324 e. The molecule has 212 valence electrons. The second-order valence-electron chi connectivity index (χ2n) is 8.83. The Hall–Kier alpha value is -4.95. The Morgan fingerprint density at radius 1 is 0.548 bits per heavy atom. The van der Waals surface area contributed by atoms with Gasteiger partial charge in [0.15, 0.2) is 5.82 Å². The third-order valence-electron chi connectivity index (χ3n) is 5.88. The zero-order valence-electron chi connectivity index (χ0n) is 21.7. The average molecular weight is 602 g/mol. The number of hydrogen-bond acceptors (Lipinski definition) is 9. The first kappa shape index (κ1) is 28.6. The second-order valence-corrected chi connectivity index (χ2v) is 11.6. The van der Waals surface area contributed by atoms with Crippen molar-refractivity contribution >= 4 is 55.7 Å². The van der Waals surface area contributed by atoms with Crippen LogP contribution in [0.1, 0.15) is 11.1 Å². The molecular formula is C29H23N5O6S2. The van der Waals surface area contributed by atoms with Gasteiger partial charge in [-0.3, -0.25) is 9.11 Å². The molecule has 4 N–H and O–H groups in total. The second kappa shape index (κ2) is 11.9. The Balaban J connectivity index is 1.65.